The fourth-order valence-corrected chi connectivity index (χ4v) is 3.69. The van der Waals surface area contributed by atoms with Crippen molar-refractivity contribution in [2.75, 3.05) is 4.90 Å². The number of benzene rings is 4. The molecule has 1 N–H and O–H groups in total. The van der Waals surface area contributed by atoms with Gasteiger partial charge in [0, 0.05) is 5.69 Å². The number of anilines is 1. The molecule has 0 bridgehead atoms. The topological polar surface area (TPSA) is 57.6 Å². The molecule has 4 rings (SSSR count). The summed E-state index contributed by atoms with van der Waals surface area (Å²) in [6.07, 6.45) is 0.319. The van der Waals surface area contributed by atoms with Crippen molar-refractivity contribution in [3.63, 3.8) is 0 Å². The lowest BCUT2D eigenvalue weighted by atomic mass is 9.98. The van der Waals surface area contributed by atoms with E-state index in [0.717, 1.165) is 22.4 Å². The molecule has 0 saturated carbocycles. The summed E-state index contributed by atoms with van der Waals surface area (Å²) >= 11 is 0. The van der Waals surface area contributed by atoms with E-state index in [2.05, 4.69) is 0 Å². The van der Waals surface area contributed by atoms with Gasteiger partial charge in [-0.3, -0.25) is 4.79 Å². The average Bonchev–Trinajstić information content (AvgIpc) is 2.84. The van der Waals surface area contributed by atoms with E-state index in [1.165, 1.54) is 0 Å². The minimum atomic E-state index is -0.952. The summed E-state index contributed by atoms with van der Waals surface area (Å²) in [5, 5.41) is 9.46. The van der Waals surface area contributed by atoms with Crippen LogP contribution in [0.5, 0.6) is 0 Å². The van der Waals surface area contributed by atoms with Crippen LogP contribution < -0.4 is 4.90 Å². The second-order valence-corrected chi connectivity index (χ2v) is 7.53. The molecule has 32 heavy (non-hydrogen) atoms. The predicted molar refractivity (Wildman–Crippen MR) is 127 cm³/mol. The van der Waals surface area contributed by atoms with Gasteiger partial charge in [-0.15, -0.1) is 0 Å². The van der Waals surface area contributed by atoms with Gasteiger partial charge in [0.2, 0.25) is 5.91 Å². The number of carbonyl (C=O) groups excluding carboxylic acids is 1. The highest BCUT2D eigenvalue weighted by Gasteiger charge is 2.17. The normalized spacial score (nSPS) is 10.5. The summed E-state index contributed by atoms with van der Waals surface area (Å²) in [5.41, 5.74) is 4.55. The number of aromatic carboxylic acids is 1. The number of rotatable bonds is 7. The molecule has 0 aliphatic carbocycles. The molecule has 4 heteroatoms. The van der Waals surface area contributed by atoms with Gasteiger partial charge >= 0.3 is 5.97 Å². The molecule has 1 amide bonds. The maximum atomic E-state index is 13.2. The zero-order chi connectivity index (χ0) is 22.3. The molecule has 158 valence electrons. The van der Waals surface area contributed by atoms with Crippen molar-refractivity contribution in [2.45, 2.75) is 13.0 Å². The second kappa shape index (κ2) is 9.75. The number of nitrogens with zero attached hydrogens (tertiary/aromatic N) is 1. The van der Waals surface area contributed by atoms with Gasteiger partial charge < -0.3 is 10.0 Å². The first-order valence-electron chi connectivity index (χ1n) is 10.4. The largest absolute Gasteiger partial charge is 0.478 e. The van der Waals surface area contributed by atoms with E-state index < -0.39 is 5.97 Å². The van der Waals surface area contributed by atoms with Crippen molar-refractivity contribution in [1.82, 2.24) is 0 Å². The van der Waals surface area contributed by atoms with Crippen LogP contribution in [0.1, 0.15) is 21.5 Å². The molecule has 0 aromatic heterocycles. The van der Waals surface area contributed by atoms with E-state index >= 15 is 0 Å². The van der Waals surface area contributed by atoms with E-state index in [4.69, 9.17) is 0 Å². The summed E-state index contributed by atoms with van der Waals surface area (Å²) in [4.78, 5) is 26.5. The van der Waals surface area contributed by atoms with Gasteiger partial charge in [0.25, 0.3) is 0 Å². The van der Waals surface area contributed by atoms with E-state index in [0.29, 0.717) is 18.5 Å². The first kappa shape index (κ1) is 21.1. The average molecular weight is 421 g/mol. The summed E-state index contributed by atoms with van der Waals surface area (Å²) in [7, 11) is 0. The van der Waals surface area contributed by atoms with Crippen molar-refractivity contribution < 1.29 is 14.7 Å². The Hall–Kier alpha value is -4.18. The first-order chi connectivity index (χ1) is 15.6. The summed E-state index contributed by atoms with van der Waals surface area (Å²) in [5.74, 6) is -0.936. The molecule has 0 radical (unpaired) electrons. The number of para-hydroxylation sites is 1. The quantitative estimate of drug-likeness (QED) is 0.409. The number of amides is 1. The SMILES string of the molecule is O=C(O)c1ccccc1-c1ccc(CN(C(=O)Cc2ccccc2)c2ccccc2)cc1. The highest BCUT2D eigenvalue weighted by atomic mass is 16.4. The van der Waals surface area contributed by atoms with Gasteiger partial charge in [-0.05, 0) is 40.5 Å². The Balaban J connectivity index is 1.59. The highest BCUT2D eigenvalue weighted by Crippen LogP contribution is 2.25. The minimum absolute atomic E-state index is 0.0164. The van der Waals surface area contributed by atoms with Crippen molar-refractivity contribution in [2.24, 2.45) is 0 Å². The lowest BCUT2D eigenvalue weighted by molar-refractivity contribution is -0.118. The number of hydrogen-bond acceptors (Lipinski definition) is 2. The van der Waals surface area contributed by atoms with Crippen LogP contribution in [0.2, 0.25) is 0 Å². The molecule has 0 aliphatic heterocycles. The summed E-state index contributed by atoms with van der Waals surface area (Å²) in [6, 6.07) is 34.0. The van der Waals surface area contributed by atoms with Crippen molar-refractivity contribution >= 4 is 17.6 Å². The van der Waals surface area contributed by atoms with Gasteiger partial charge in [-0.1, -0.05) is 91.0 Å². The number of carboxylic acids is 1. The molecule has 4 nitrogen and oxygen atoms in total. The molecule has 0 saturated heterocycles. The molecule has 4 aromatic rings. The van der Waals surface area contributed by atoms with E-state index in [1.807, 2.05) is 91.0 Å². The Labute approximate surface area is 187 Å². The summed E-state index contributed by atoms with van der Waals surface area (Å²) < 4.78 is 0. The number of carboxylic acid groups (broad SMARTS) is 1. The zero-order valence-electron chi connectivity index (χ0n) is 17.5. The lowest BCUT2D eigenvalue weighted by Gasteiger charge is -2.23. The molecule has 0 fully saturated rings. The smallest absolute Gasteiger partial charge is 0.336 e. The standard InChI is InChI=1S/C28H23NO3/c30-27(19-21-9-3-1-4-10-21)29(24-11-5-2-6-12-24)20-22-15-17-23(18-16-22)25-13-7-8-14-26(25)28(31)32/h1-18H,19-20H2,(H,31,32). The molecule has 0 spiro atoms. The molecule has 0 unspecified atom stereocenters. The van der Waals surface area contributed by atoms with Gasteiger partial charge in [0.15, 0.2) is 0 Å². The third-order valence-electron chi connectivity index (χ3n) is 5.33. The van der Waals surface area contributed by atoms with E-state index in [-0.39, 0.29) is 11.5 Å². The number of hydrogen-bond donors (Lipinski definition) is 1. The molecule has 0 heterocycles. The highest BCUT2D eigenvalue weighted by molar-refractivity contribution is 5.96. The van der Waals surface area contributed by atoms with Crippen LogP contribution in [0.15, 0.2) is 109 Å². The fourth-order valence-electron chi connectivity index (χ4n) is 3.69. The van der Waals surface area contributed by atoms with Crippen molar-refractivity contribution in [3.8, 4) is 11.1 Å². The molecule has 0 aliphatic rings. The van der Waals surface area contributed by atoms with Crippen molar-refractivity contribution in [3.05, 3.63) is 126 Å². The van der Waals surface area contributed by atoms with E-state index in [1.54, 1.807) is 23.1 Å². The van der Waals surface area contributed by atoms with Crippen molar-refractivity contribution in [1.29, 1.82) is 0 Å². The van der Waals surface area contributed by atoms with Crippen LogP contribution in [-0.2, 0) is 17.8 Å². The monoisotopic (exact) mass is 421 g/mol. The van der Waals surface area contributed by atoms with Gasteiger partial charge in [0.05, 0.1) is 18.5 Å². The lowest BCUT2D eigenvalue weighted by Crippen LogP contribution is -2.31. The second-order valence-electron chi connectivity index (χ2n) is 7.53. The third kappa shape index (κ3) is 4.93. The summed E-state index contributed by atoms with van der Waals surface area (Å²) in [6.45, 7) is 0.427. The van der Waals surface area contributed by atoms with Gasteiger partial charge in [0.1, 0.15) is 0 Å². The van der Waals surface area contributed by atoms with Crippen LogP contribution in [-0.4, -0.2) is 17.0 Å². The Morgan fingerprint density at radius 3 is 1.91 bits per heavy atom. The Kier molecular flexibility index (Phi) is 6.42. The molecule has 0 atom stereocenters. The van der Waals surface area contributed by atoms with Crippen LogP contribution >= 0.6 is 0 Å². The van der Waals surface area contributed by atoms with Crippen LogP contribution in [0, 0.1) is 0 Å². The van der Waals surface area contributed by atoms with Crippen LogP contribution in [0.4, 0.5) is 5.69 Å². The van der Waals surface area contributed by atoms with Gasteiger partial charge in [-0.2, -0.15) is 0 Å². The number of carbonyl (C=O) groups is 2. The first-order valence-corrected chi connectivity index (χ1v) is 10.4. The predicted octanol–water partition coefficient (Wildman–Crippen LogP) is 5.83. The molecular formula is C28H23NO3. The fraction of sp³-hybridized carbons (Fsp3) is 0.0714. The van der Waals surface area contributed by atoms with Crippen LogP contribution in [0.25, 0.3) is 11.1 Å². The Morgan fingerprint density at radius 1 is 0.656 bits per heavy atom. The minimum Gasteiger partial charge on any atom is -0.478 e. The zero-order valence-corrected chi connectivity index (χ0v) is 17.5. The maximum absolute atomic E-state index is 13.2. The Bertz CT molecular complexity index is 1200. The maximum Gasteiger partial charge on any atom is 0.336 e. The Morgan fingerprint density at radius 2 is 1.25 bits per heavy atom. The molecule has 4 aromatic carbocycles. The molecular weight excluding hydrogens is 398 g/mol. The van der Waals surface area contributed by atoms with Crippen LogP contribution in [0.3, 0.4) is 0 Å². The van der Waals surface area contributed by atoms with Gasteiger partial charge in [-0.25, -0.2) is 4.79 Å². The van der Waals surface area contributed by atoms with E-state index in [9.17, 15) is 14.7 Å². The third-order valence-corrected chi connectivity index (χ3v) is 5.33.